The summed E-state index contributed by atoms with van der Waals surface area (Å²) < 4.78 is 24.9. The summed E-state index contributed by atoms with van der Waals surface area (Å²) in [6.45, 7) is 4.04. The molecule has 1 aliphatic heterocycles. The second-order valence-electron chi connectivity index (χ2n) is 7.08. The first-order valence-corrected chi connectivity index (χ1v) is 10.3. The highest BCUT2D eigenvalue weighted by Crippen LogP contribution is 2.30. The zero-order chi connectivity index (χ0) is 19.2. The summed E-state index contributed by atoms with van der Waals surface area (Å²) in [4.78, 5) is 2.42. The largest absolute Gasteiger partial charge is 0.302 e. The molecule has 1 aromatic heterocycles. The average Bonchev–Trinajstić information content (AvgIpc) is 2.92. The fourth-order valence-electron chi connectivity index (χ4n) is 3.58. The van der Waals surface area contributed by atoms with Crippen molar-refractivity contribution in [2.24, 2.45) is 5.14 Å². The van der Waals surface area contributed by atoms with E-state index in [-0.39, 0.29) is 4.90 Å². The van der Waals surface area contributed by atoms with Crippen molar-refractivity contribution in [3.63, 3.8) is 0 Å². The van der Waals surface area contributed by atoms with Crippen LogP contribution >= 0.6 is 0 Å². The first-order valence-electron chi connectivity index (χ1n) is 8.79. The maximum absolute atomic E-state index is 11.4. The van der Waals surface area contributed by atoms with Crippen LogP contribution in [-0.2, 0) is 23.0 Å². The van der Waals surface area contributed by atoms with Gasteiger partial charge in [-0.05, 0) is 61.9 Å². The van der Waals surface area contributed by atoms with Crippen LogP contribution in [0.3, 0.4) is 0 Å². The lowest BCUT2D eigenvalue weighted by Crippen LogP contribution is -2.27. The molecule has 0 unspecified atom stereocenters. The third-order valence-electron chi connectivity index (χ3n) is 4.99. The predicted octanol–water partition coefficient (Wildman–Crippen LogP) is 2.44. The van der Waals surface area contributed by atoms with Crippen molar-refractivity contribution >= 4 is 20.9 Å². The summed E-state index contributed by atoms with van der Waals surface area (Å²) in [5.41, 5.74) is 5.72. The Morgan fingerprint density at radius 3 is 2.56 bits per heavy atom. The number of primary sulfonamides is 1. The van der Waals surface area contributed by atoms with Crippen LogP contribution < -0.4 is 5.14 Å². The topological polar surface area (TPSA) is 68.3 Å². The minimum atomic E-state index is -3.69. The summed E-state index contributed by atoms with van der Waals surface area (Å²) in [5.74, 6) is 3.16. The Kier molecular flexibility index (Phi) is 4.31. The van der Waals surface area contributed by atoms with Crippen LogP contribution in [0.5, 0.6) is 0 Å². The number of nitrogens with zero attached hydrogens (tertiary/aromatic N) is 2. The minimum absolute atomic E-state index is 0.0929. The molecule has 0 saturated carbocycles. The van der Waals surface area contributed by atoms with E-state index in [2.05, 4.69) is 53.6 Å². The van der Waals surface area contributed by atoms with E-state index in [1.54, 1.807) is 12.1 Å². The quantitative estimate of drug-likeness (QED) is 0.661. The van der Waals surface area contributed by atoms with Gasteiger partial charge in [0.1, 0.15) is 0 Å². The normalized spacial score (nSPS) is 14.6. The zero-order valence-corrected chi connectivity index (χ0v) is 16.2. The number of sulfonamides is 1. The van der Waals surface area contributed by atoms with Crippen LogP contribution in [0.15, 0.2) is 47.4 Å². The SMILES string of the molecule is Cc1ccc2c(c1)c1c(n2C#Cc2ccc(S(N)(=O)=O)cc2)CCN(C)C1. The Balaban J connectivity index is 1.81. The van der Waals surface area contributed by atoms with Gasteiger partial charge in [0.25, 0.3) is 0 Å². The molecule has 138 valence electrons. The number of aromatic nitrogens is 1. The molecule has 6 heteroatoms. The third kappa shape index (κ3) is 3.37. The molecule has 2 heterocycles. The summed E-state index contributed by atoms with van der Waals surface area (Å²) >= 11 is 0. The summed E-state index contributed by atoms with van der Waals surface area (Å²) in [6, 6.07) is 16.1. The van der Waals surface area contributed by atoms with E-state index in [4.69, 9.17) is 5.14 Å². The lowest BCUT2D eigenvalue weighted by molar-refractivity contribution is 0.311. The molecule has 0 fully saturated rings. The molecule has 2 N–H and O–H groups in total. The van der Waals surface area contributed by atoms with Crippen LogP contribution in [0.25, 0.3) is 10.9 Å². The first kappa shape index (κ1) is 17.8. The van der Waals surface area contributed by atoms with Crippen molar-refractivity contribution < 1.29 is 8.42 Å². The number of likely N-dealkylation sites (N-methyl/N-ethyl adjacent to an activating group) is 1. The average molecular weight is 379 g/mol. The number of aryl methyl sites for hydroxylation is 1. The van der Waals surface area contributed by atoms with Crippen LogP contribution in [0, 0.1) is 18.9 Å². The molecule has 3 aromatic rings. The van der Waals surface area contributed by atoms with Crippen molar-refractivity contribution in [1.29, 1.82) is 0 Å². The van der Waals surface area contributed by atoms with E-state index in [0.717, 1.165) is 30.6 Å². The molecule has 4 rings (SSSR count). The highest BCUT2D eigenvalue weighted by molar-refractivity contribution is 7.89. The van der Waals surface area contributed by atoms with E-state index < -0.39 is 10.0 Å². The molecule has 0 amide bonds. The lowest BCUT2D eigenvalue weighted by atomic mass is 10.0. The number of hydrogen-bond acceptors (Lipinski definition) is 3. The van der Waals surface area contributed by atoms with Gasteiger partial charge in [-0.25, -0.2) is 13.6 Å². The Hall–Kier alpha value is -2.59. The monoisotopic (exact) mass is 379 g/mol. The number of benzene rings is 2. The van der Waals surface area contributed by atoms with Gasteiger partial charge in [-0.2, -0.15) is 0 Å². The van der Waals surface area contributed by atoms with Gasteiger partial charge in [0, 0.05) is 42.2 Å². The maximum Gasteiger partial charge on any atom is 0.238 e. The molecule has 1 aliphatic rings. The smallest absolute Gasteiger partial charge is 0.238 e. The second kappa shape index (κ2) is 6.54. The lowest BCUT2D eigenvalue weighted by Gasteiger charge is -2.23. The Labute approximate surface area is 159 Å². The van der Waals surface area contributed by atoms with Gasteiger partial charge in [0.2, 0.25) is 10.0 Å². The van der Waals surface area contributed by atoms with E-state index in [9.17, 15) is 8.42 Å². The van der Waals surface area contributed by atoms with Crippen molar-refractivity contribution in [3.8, 4) is 12.0 Å². The highest BCUT2D eigenvalue weighted by atomic mass is 32.2. The number of nitrogens with two attached hydrogens (primary N) is 1. The fourth-order valence-corrected chi connectivity index (χ4v) is 4.10. The van der Waals surface area contributed by atoms with Gasteiger partial charge in [0.05, 0.1) is 10.4 Å². The Morgan fingerprint density at radius 2 is 1.85 bits per heavy atom. The van der Waals surface area contributed by atoms with Gasteiger partial charge in [-0.15, -0.1) is 0 Å². The highest BCUT2D eigenvalue weighted by Gasteiger charge is 2.21. The van der Waals surface area contributed by atoms with E-state index >= 15 is 0 Å². The molecular formula is C21H21N3O2S. The van der Waals surface area contributed by atoms with Gasteiger partial charge in [-0.1, -0.05) is 11.6 Å². The molecule has 5 nitrogen and oxygen atoms in total. The fraction of sp³-hybridized carbons (Fsp3) is 0.238. The van der Waals surface area contributed by atoms with E-state index in [1.807, 2.05) is 0 Å². The number of fused-ring (bicyclic) bond motifs is 3. The van der Waals surface area contributed by atoms with Gasteiger partial charge in [-0.3, -0.25) is 4.57 Å². The second-order valence-corrected chi connectivity index (χ2v) is 8.64. The molecule has 0 spiro atoms. The van der Waals surface area contributed by atoms with Crippen LogP contribution in [-0.4, -0.2) is 31.5 Å². The molecule has 2 aromatic carbocycles. The van der Waals surface area contributed by atoms with Crippen molar-refractivity contribution in [2.75, 3.05) is 13.6 Å². The van der Waals surface area contributed by atoms with Gasteiger partial charge >= 0.3 is 0 Å². The zero-order valence-electron chi connectivity index (χ0n) is 15.4. The Bertz CT molecular complexity index is 1200. The Morgan fingerprint density at radius 1 is 1.11 bits per heavy atom. The summed E-state index contributed by atoms with van der Waals surface area (Å²) in [6.07, 6.45) is 0.957. The molecular weight excluding hydrogens is 358 g/mol. The number of hydrogen-bond donors (Lipinski definition) is 1. The van der Waals surface area contributed by atoms with Crippen molar-refractivity contribution in [2.45, 2.75) is 24.8 Å². The molecule has 0 bridgehead atoms. The molecule has 0 atom stereocenters. The molecule has 27 heavy (non-hydrogen) atoms. The standard InChI is InChI=1S/C21H21N3O2S/c1-15-3-8-20-18(13-15)19-14-23(2)11-10-21(19)24(20)12-9-16-4-6-17(7-5-16)27(22,25)26/h3-8,13H,10-11,14H2,1-2H3,(H2,22,25,26). The minimum Gasteiger partial charge on any atom is -0.302 e. The van der Waals surface area contributed by atoms with Gasteiger partial charge < -0.3 is 4.90 Å². The predicted molar refractivity (Wildman–Crippen MR) is 107 cm³/mol. The van der Waals surface area contributed by atoms with Crippen molar-refractivity contribution in [1.82, 2.24) is 9.47 Å². The van der Waals surface area contributed by atoms with Gasteiger partial charge in [0.15, 0.2) is 0 Å². The molecule has 0 aliphatic carbocycles. The maximum atomic E-state index is 11.4. The van der Waals surface area contributed by atoms with Crippen LogP contribution in [0.2, 0.25) is 0 Å². The third-order valence-corrected chi connectivity index (χ3v) is 5.92. The number of rotatable bonds is 1. The summed E-state index contributed by atoms with van der Waals surface area (Å²) in [7, 11) is -1.55. The molecule has 0 saturated heterocycles. The van der Waals surface area contributed by atoms with E-state index in [1.165, 1.54) is 34.3 Å². The first-order chi connectivity index (χ1) is 12.8. The molecule has 0 radical (unpaired) electrons. The van der Waals surface area contributed by atoms with E-state index in [0.29, 0.717) is 0 Å². The van der Waals surface area contributed by atoms with Crippen LogP contribution in [0.4, 0.5) is 0 Å². The van der Waals surface area contributed by atoms with Crippen molar-refractivity contribution in [3.05, 3.63) is 64.8 Å². The summed E-state index contributed by atoms with van der Waals surface area (Å²) in [5, 5.41) is 6.41. The van der Waals surface area contributed by atoms with Crippen LogP contribution in [0.1, 0.15) is 22.4 Å².